The lowest BCUT2D eigenvalue weighted by Crippen LogP contribution is -2.50. The summed E-state index contributed by atoms with van der Waals surface area (Å²) in [5.41, 5.74) is 4.44. The maximum Gasteiger partial charge on any atom is 0.191 e. The van der Waals surface area contributed by atoms with Crippen LogP contribution < -0.4 is 10.6 Å². The van der Waals surface area contributed by atoms with Gasteiger partial charge in [0.05, 0.1) is 24.1 Å². The maximum absolute atomic E-state index is 5.94. The number of benzene rings is 1. The molecule has 1 aliphatic rings. The summed E-state index contributed by atoms with van der Waals surface area (Å²) in [5, 5.41) is 11.6. The molecule has 7 nitrogen and oxygen atoms in total. The molecular weight excluding hydrogens is 503 g/mol. The van der Waals surface area contributed by atoms with Crippen LogP contribution >= 0.6 is 24.0 Å². The summed E-state index contributed by atoms with van der Waals surface area (Å²) >= 11 is 0. The number of rotatable bonds is 7. The number of nitrogens with one attached hydrogen (secondary N) is 2. The molecule has 2 heterocycles. The number of nitrogens with zero attached hydrogens (tertiary/aromatic N) is 4. The second kappa shape index (κ2) is 12.4. The van der Waals surface area contributed by atoms with Crippen molar-refractivity contribution in [1.29, 1.82) is 0 Å². The van der Waals surface area contributed by atoms with Gasteiger partial charge in [0.25, 0.3) is 0 Å². The Bertz CT molecular complexity index is 836. The van der Waals surface area contributed by atoms with E-state index in [9.17, 15) is 0 Å². The predicted molar refractivity (Wildman–Crippen MR) is 138 cm³/mol. The predicted octanol–water partition coefficient (Wildman–Crippen LogP) is 3.13. The van der Waals surface area contributed by atoms with Gasteiger partial charge in [-0.2, -0.15) is 5.10 Å². The second-order valence-corrected chi connectivity index (χ2v) is 8.35. The summed E-state index contributed by atoms with van der Waals surface area (Å²) in [4.78, 5) is 6.86. The maximum atomic E-state index is 5.94. The van der Waals surface area contributed by atoms with Crippen molar-refractivity contribution in [1.82, 2.24) is 25.3 Å². The molecule has 0 saturated carbocycles. The molecule has 1 saturated heterocycles. The van der Waals surface area contributed by atoms with Crippen molar-refractivity contribution in [2.24, 2.45) is 10.9 Å². The highest BCUT2D eigenvalue weighted by Crippen LogP contribution is 2.17. The molecule has 1 aromatic carbocycles. The van der Waals surface area contributed by atoms with E-state index in [0.29, 0.717) is 12.5 Å². The summed E-state index contributed by atoms with van der Waals surface area (Å²) in [5.74, 6) is 1.46. The van der Waals surface area contributed by atoms with Gasteiger partial charge in [0, 0.05) is 51.0 Å². The first-order valence-electron chi connectivity index (χ1n) is 10.9. The number of ether oxygens (including phenoxy) is 1. The molecule has 1 unspecified atom stereocenters. The Kier molecular flexibility index (Phi) is 10.2. The molecule has 0 bridgehead atoms. The van der Waals surface area contributed by atoms with E-state index in [1.165, 1.54) is 5.56 Å². The molecule has 2 N–H and O–H groups in total. The van der Waals surface area contributed by atoms with Crippen LogP contribution in [0, 0.1) is 19.8 Å². The lowest BCUT2D eigenvalue weighted by atomic mass is 10.2. The van der Waals surface area contributed by atoms with E-state index < -0.39 is 0 Å². The molecule has 1 aliphatic heterocycles. The van der Waals surface area contributed by atoms with Gasteiger partial charge in [-0.25, -0.2) is 4.68 Å². The topological polar surface area (TPSA) is 66.7 Å². The summed E-state index contributed by atoms with van der Waals surface area (Å²) in [6, 6.07) is 10.2. The van der Waals surface area contributed by atoms with E-state index >= 15 is 0 Å². The third-order valence-corrected chi connectivity index (χ3v) is 5.44. The standard InChI is InChI=1S/C23H36N6O.HI/c1-17(2)15-28-11-12-30-21(16-28)13-25-23(24-5)26-14-22-18(3)27-29(19(22)4)20-9-7-6-8-10-20;/h6-10,17,21H,11-16H2,1-5H3,(H2,24,25,26);1H. The SMILES string of the molecule is CN=C(NCc1c(C)nn(-c2ccccc2)c1C)NCC1CN(CC(C)C)CCO1.I. The minimum absolute atomic E-state index is 0. The summed E-state index contributed by atoms with van der Waals surface area (Å²) in [7, 11) is 1.80. The number of para-hydroxylation sites is 1. The molecule has 172 valence electrons. The Balaban J connectivity index is 0.00000341. The quantitative estimate of drug-likeness (QED) is 0.321. The molecule has 2 aromatic rings. The summed E-state index contributed by atoms with van der Waals surface area (Å²) in [6.07, 6.45) is 0.181. The van der Waals surface area contributed by atoms with Crippen molar-refractivity contribution in [2.45, 2.75) is 40.3 Å². The van der Waals surface area contributed by atoms with E-state index in [0.717, 1.165) is 55.8 Å². The van der Waals surface area contributed by atoms with Crippen molar-refractivity contribution in [3.05, 3.63) is 47.3 Å². The van der Waals surface area contributed by atoms with Gasteiger partial charge in [0.15, 0.2) is 5.96 Å². The van der Waals surface area contributed by atoms with E-state index in [4.69, 9.17) is 9.84 Å². The molecule has 0 radical (unpaired) electrons. The Morgan fingerprint density at radius 1 is 1.23 bits per heavy atom. The lowest BCUT2D eigenvalue weighted by Gasteiger charge is -2.34. The van der Waals surface area contributed by atoms with E-state index in [-0.39, 0.29) is 30.1 Å². The molecule has 8 heteroatoms. The van der Waals surface area contributed by atoms with Crippen LogP contribution in [0.3, 0.4) is 0 Å². The van der Waals surface area contributed by atoms with E-state index in [1.54, 1.807) is 7.05 Å². The van der Waals surface area contributed by atoms with Crippen molar-refractivity contribution in [3.63, 3.8) is 0 Å². The van der Waals surface area contributed by atoms with Crippen molar-refractivity contribution < 1.29 is 4.74 Å². The van der Waals surface area contributed by atoms with Gasteiger partial charge in [-0.3, -0.25) is 9.89 Å². The minimum atomic E-state index is 0. The fourth-order valence-corrected chi connectivity index (χ4v) is 3.94. The Labute approximate surface area is 203 Å². The molecule has 0 aliphatic carbocycles. The highest BCUT2D eigenvalue weighted by atomic mass is 127. The van der Waals surface area contributed by atoms with Gasteiger partial charge in [0.1, 0.15) is 0 Å². The molecule has 1 fully saturated rings. The monoisotopic (exact) mass is 540 g/mol. The van der Waals surface area contributed by atoms with Crippen LogP contribution in [0.1, 0.15) is 30.8 Å². The van der Waals surface area contributed by atoms with Crippen molar-refractivity contribution >= 4 is 29.9 Å². The Hall–Kier alpha value is -1.65. The van der Waals surface area contributed by atoms with Crippen molar-refractivity contribution in [2.75, 3.05) is 39.8 Å². The van der Waals surface area contributed by atoms with Gasteiger partial charge in [0.2, 0.25) is 0 Å². The highest BCUT2D eigenvalue weighted by Gasteiger charge is 2.21. The average Bonchev–Trinajstić information content (AvgIpc) is 3.02. The lowest BCUT2D eigenvalue weighted by molar-refractivity contribution is -0.0284. The number of guanidine groups is 1. The second-order valence-electron chi connectivity index (χ2n) is 8.35. The largest absolute Gasteiger partial charge is 0.374 e. The first-order valence-corrected chi connectivity index (χ1v) is 10.9. The van der Waals surface area contributed by atoms with Crippen molar-refractivity contribution in [3.8, 4) is 5.69 Å². The molecule has 1 atom stereocenters. The third kappa shape index (κ3) is 7.18. The van der Waals surface area contributed by atoms with Gasteiger partial charge in [-0.1, -0.05) is 32.0 Å². The fraction of sp³-hybridized carbons (Fsp3) is 0.565. The molecule has 31 heavy (non-hydrogen) atoms. The van der Waals surface area contributed by atoms with Crippen LogP contribution in [0.2, 0.25) is 0 Å². The first kappa shape index (κ1) is 25.6. The van der Waals surface area contributed by atoms with Crippen LogP contribution in [0.5, 0.6) is 0 Å². The number of aryl methyl sites for hydroxylation is 1. The first-order chi connectivity index (χ1) is 14.5. The Morgan fingerprint density at radius 3 is 2.65 bits per heavy atom. The zero-order chi connectivity index (χ0) is 21.5. The zero-order valence-corrected chi connectivity index (χ0v) is 21.7. The van der Waals surface area contributed by atoms with Crippen LogP contribution in [0.4, 0.5) is 0 Å². The number of morpholine rings is 1. The summed E-state index contributed by atoms with van der Waals surface area (Å²) in [6.45, 7) is 14.0. The number of hydrogen-bond donors (Lipinski definition) is 2. The van der Waals surface area contributed by atoms with E-state index in [2.05, 4.69) is 60.4 Å². The normalized spacial score (nSPS) is 17.5. The minimum Gasteiger partial charge on any atom is -0.374 e. The number of aromatic nitrogens is 2. The van der Waals surface area contributed by atoms with Crippen LogP contribution in [-0.4, -0.2) is 66.6 Å². The van der Waals surface area contributed by atoms with Crippen LogP contribution in [-0.2, 0) is 11.3 Å². The number of aliphatic imine (C=N–C) groups is 1. The molecule has 3 rings (SSSR count). The summed E-state index contributed by atoms with van der Waals surface area (Å²) < 4.78 is 7.94. The smallest absolute Gasteiger partial charge is 0.191 e. The van der Waals surface area contributed by atoms with Gasteiger partial charge >= 0.3 is 0 Å². The third-order valence-electron chi connectivity index (χ3n) is 5.44. The molecular formula is C23H37IN6O. The highest BCUT2D eigenvalue weighted by molar-refractivity contribution is 14.0. The van der Waals surface area contributed by atoms with Crippen LogP contribution in [0.25, 0.3) is 5.69 Å². The average molecular weight is 540 g/mol. The Morgan fingerprint density at radius 2 is 1.97 bits per heavy atom. The zero-order valence-electron chi connectivity index (χ0n) is 19.4. The van der Waals surface area contributed by atoms with Gasteiger partial charge in [-0.05, 0) is 31.9 Å². The molecule has 1 aromatic heterocycles. The fourth-order valence-electron chi connectivity index (χ4n) is 3.94. The van der Waals surface area contributed by atoms with E-state index in [1.807, 2.05) is 22.9 Å². The number of hydrogen-bond acceptors (Lipinski definition) is 4. The van der Waals surface area contributed by atoms with Gasteiger partial charge < -0.3 is 15.4 Å². The van der Waals surface area contributed by atoms with Gasteiger partial charge in [-0.15, -0.1) is 24.0 Å². The molecule has 0 spiro atoms. The van der Waals surface area contributed by atoms with Crippen LogP contribution in [0.15, 0.2) is 35.3 Å². The molecule has 0 amide bonds. The number of halogens is 1.